The molecule has 0 unspecified atom stereocenters. The van der Waals surface area contributed by atoms with E-state index in [0.717, 1.165) is 24.5 Å². The summed E-state index contributed by atoms with van der Waals surface area (Å²) in [5.41, 5.74) is 8.90. The fourth-order valence-electron chi connectivity index (χ4n) is 2.25. The van der Waals surface area contributed by atoms with Crippen LogP contribution in [0.5, 0.6) is 0 Å². The van der Waals surface area contributed by atoms with Crippen LogP contribution in [-0.4, -0.2) is 10.8 Å². The maximum Gasteiger partial charge on any atom is 0.129 e. The molecule has 2 aromatic rings. The van der Waals surface area contributed by atoms with Gasteiger partial charge in [-0.3, -0.25) is 5.41 Å². The van der Waals surface area contributed by atoms with E-state index in [1.54, 1.807) is 12.3 Å². The summed E-state index contributed by atoms with van der Waals surface area (Å²) in [6.45, 7) is 1.73. The van der Waals surface area contributed by atoms with Gasteiger partial charge in [0.25, 0.3) is 0 Å². The van der Waals surface area contributed by atoms with Gasteiger partial charge in [0.1, 0.15) is 11.7 Å². The van der Waals surface area contributed by atoms with Gasteiger partial charge in [0.05, 0.1) is 0 Å². The summed E-state index contributed by atoms with van der Waals surface area (Å²) in [5, 5.41) is 7.46. The van der Waals surface area contributed by atoms with Crippen molar-refractivity contribution in [2.24, 2.45) is 5.73 Å². The van der Waals surface area contributed by atoms with E-state index >= 15 is 0 Å². The number of benzene rings is 1. The van der Waals surface area contributed by atoms with E-state index in [2.05, 4.69) is 34.1 Å². The van der Waals surface area contributed by atoms with Gasteiger partial charge in [-0.1, -0.05) is 24.3 Å². The number of nitrogen functional groups attached to an aromatic ring is 1. The summed E-state index contributed by atoms with van der Waals surface area (Å²) in [6, 6.07) is 12.0. The Morgan fingerprint density at radius 2 is 1.83 bits per heavy atom. The first-order chi connectivity index (χ1) is 8.74. The molecule has 3 rings (SSSR count). The van der Waals surface area contributed by atoms with Crippen LogP contribution in [0.2, 0.25) is 0 Å². The van der Waals surface area contributed by atoms with E-state index in [-0.39, 0.29) is 5.84 Å². The van der Waals surface area contributed by atoms with Crippen LogP contribution in [0, 0.1) is 5.41 Å². The van der Waals surface area contributed by atoms with Crippen molar-refractivity contribution < 1.29 is 0 Å². The highest BCUT2D eigenvalue weighted by molar-refractivity contribution is 5.95. The molecule has 0 saturated heterocycles. The number of aromatic nitrogens is 1. The number of pyridine rings is 1. The number of anilines is 1. The smallest absolute Gasteiger partial charge is 0.129 e. The minimum Gasteiger partial charge on any atom is -0.384 e. The third-order valence-corrected chi connectivity index (χ3v) is 3.22. The summed E-state index contributed by atoms with van der Waals surface area (Å²) >= 11 is 0. The number of hydrogen-bond acceptors (Lipinski definition) is 3. The maximum atomic E-state index is 7.46. The van der Waals surface area contributed by atoms with E-state index in [1.165, 1.54) is 11.1 Å². The number of fused-ring (bicyclic) bond motifs is 1. The Kier molecular flexibility index (Phi) is 2.48. The SMILES string of the molecule is N=C(N)c1ccnc(N2Cc3ccccc3C2)c1. The number of nitrogens with two attached hydrogens (primary N) is 1. The summed E-state index contributed by atoms with van der Waals surface area (Å²) in [6.07, 6.45) is 1.70. The first-order valence-corrected chi connectivity index (χ1v) is 5.86. The molecule has 0 spiro atoms. The van der Waals surface area contributed by atoms with Crippen molar-refractivity contribution in [3.8, 4) is 0 Å². The van der Waals surface area contributed by atoms with Gasteiger partial charge in [-0.15, -0.1) is 0 Å². The normalized spacial score (nSPS) is 13.4. The lowest BCUT2D eigenvalue weighted by molar-refractivity contribution is 0.856. The van der Waals surface area contributed by atoms with E-state index in [1.807, 2.05) is 6.07 Å². The maximum absolute atomic E-state index is 7.46. The summed E-state index contributed by atoms with van der Waals surface area (Å²) < 4.78 is 0. The van der Waals surface area contributed by atoms with Crippen LogP contribution in [0.15, 0.2) is 42.6 Å². The molecule has 90 valence electrons. The number of rotatable bonds is 2. The lowest BCUT2D eigenvalue weighted by Crippen LogP contribution is -2.18. The third-order valence-electron chi connectivity index (χ3n) is 3.22. The molecule has 4 nitrogen and oxygen atoms in total. The standard InChI is InChI=1S/C14H14N4/c15-14(16)10-5-6-17-13(7-10)18-8-11-3-1-2-4-12(11)9-18/h1-7H,8-9H2,(H3,15,16). The van der Waals surface area contributed by atoms with Crippen molar-refractivity contribution in [2.45, 2.75) is 13.1 Å². The molecule has 3 N–H and O–H groups in total. The highest BCUT2D eigenvalue weighted by atomic mass is 15.2. The van der Waals surface area contributed by atoms with Crippen LogP contribution >= 0.6 is 0 Å². The topological polar surface area (TPSA) is 66.0 Å². The Morgan fingerprint density at radius 1 is 1.17 bits per heavy atom. The van der Waals surface area contributed by atoms with E-state index in [4.69, 9.17) is 11.1 Å². The predicted molar refractivity (Wildman–Crippen MR) is 71.6 cm³/mol. The van der Waals surface area contributed by atoms with Crippen molar-refractivity contribution >= 4 is 11.7 Å². The van der Waals surface area contributed by atoms with Gasteiger partial charge in [0.15, 0.2) is 0 Å². The summed E-state index contributed by atoms with van der Waals surface area (Å²) in [7, 11) is 0. The summed E-state index contributed by atoms with van der Waals surface area (Å²) in [5.74, 6) is 0.953. The second kappa shape index (κ2) is 4.14. The van der Waals surface area contributed by atoms with Gasteiger partial charge in [0.2, 0.25) is 0 Å². The molecule has 1 aromatic heterocycles. The van der Waals surface area contributed by atoms with Crippen LogP contribution in [-0.2, 0) is 13.1 Å². The lowest BCUT2D eigenvalue weighted by atomic mass is 10.1. The molecular formula is C14H14N4. The highest BCUT2D eigenvalue weighted by Gasteiger charge is 2.19. The van der Waals surface area contributed by atoms with Gasteiger partial charge in [-0.2, -0.15) is 0 Å². The zero-order chi connectivity index (χ0) is 12.5. The molecular weight excluding hydrogens is 224 g/mol. The van der Waals surface area contributed by atoms with Crippen molar-refractivity contribution in [3.63, 3.8) is 0 Å². The lowest BCUT2D eigenvalue weighted by Gasteiger charge is -2.16. The summed E-state index contributed by atoms with van der Waals surface area (Å²) in [4.78, 5) is 6.55. The van der Waals surface area contributed by atoms with E-state index in [9.17, 15) is 0 Å². The largest absolute Gasteiger partial charge is 0.384 e. The number of amidine groups is 1. The molecule has 1 aliphatic heterocycles. The Labute approximate surface area is 106 Å². The fraction of sp³-hybridized carbons (Fsp3) is 0.143. The average Bonchev–Trinajstić information content (AvgIpc) is 2.82. The number of nitrogens with zero attached hydrogens (tertiary/aromatic N) is 2. The number of hydrogen-bond donors (Lipinski definition) is 2. The molecule has 0 saturated carbocycles. The van der Waals surface area contributed by atoms with Crippen LogP contribution in [0.3, 0.4) is 0 Å². The molecule has 1 aromatic carbocycles. The van der Waals surface area contributed by atoms with Gasteiger partial charge in [0, 0.05) is 24.8 Å². The molecule has 4 heteroatoms. The highest BCUT2D eigenvalue weighted by Crippen LogP contribution is 2.26. The van der Waals surface area contributed by atoms with Crippen LogP contribution < -0.4 is 10.6 Å². The molecule has 0 atom stereocenters. The minimum absolute atomic E-state index is 0.0790. The average molecular weight is 238 g/mol. The van der Waals surface area contributed by atoms with Gasteiger partial charge < -0.3 is 10.6 Å². The van der Waals surface area contributed by atoms with Gasteiger partial charge in [-0.05, 0) is 23.3 Å². The second-order valence-electron chi connectivity index (χ2n) is 4.44. The molecule has 0 amide bonds. The van der Waals surface area contributed by atoms with Crippen LogP contribution in [0.25, 0.3) is 0 Å². The van der Waals surface area contributed by atoms with Crippen molar-refractivity contribution in [2.75, 3.05) is 4.90 Å². The van der Waals surface area contributed by atoms with Crippen molar-refractivity contribution in [1.82, 2.24) is 4.98 Å². The zero-order valence-electron chi connectivity index (χ0n) is 9.93. The fourth-order valence-corrected chi connectivity index (χ4v) is 2.25. The zero-order valence-corrected chi connectivity index (χ0v) is 9.93. The van der Waals surface area contributed by atoms with E-state index in [0.29, 0.717) is 0 Å². The Hall–Kier alpha value is -2.36. The van der Waals surface area contributed by atoms with Crippen molar-refractivity contribution in [1.29, 1.82) is 5.41 Å². The Morgan fingerprint density at radius 3 is 2.44 bits per heavy atom. The van der Waals surface area contributed by atoms with Crippen LogP contribution in [0.4, 0.5) is 5.82 Å². The molecule has 0 bridgehead atoms. The van der Waals surface area contributed by atoms with Crippen LogP contribution in [0.1, 0.15) is 16.7 Å². The Bertz CT molecular complexity index is 581. The Balaban J connectivity index is 1.90. The first kappa shape index (κ1) is 10.8. The molecule has 18 heavy (non-hydrogen) atoms. The third kappa shape index (κ3) is 1.82. The molecule has 0 radical (unpaired) electrons. The molecule has 1 aliphatic rings. The van der Waals surface area contributed by atoms with Gasteiger partial charge in [-0.25, -0.2) is 4.98 Å². The predicted octanol–water partition coefficient (Wildman–Crippen LogP) is 1.89. The minimum atomic E-state index is 0.0790. The monoisotopic (exact) mass is 238 g/mol. The molecule has 2 heterocycles. The molecule has 0 aliphatic carbocycles. The first-order valence-electron chi connectivity index (χ1n) is 5.86. The number of nitrogens with one attached hydrogen (secondary N) is 1. The van der Waals surface area contributed by atoms with Gasteiger partial charge >= 0.3 is 0 Å². The quantitative estimate of drug-likeness (QED) is 0.620. The van der Waals surface area contributed by atoms with E-state index < -0.39 is 0 Å². The van der Waals surface area contributed by atoms with Crippen molar-refractivity contribution in [3.05, 3.63) is 59.3 Å². The molecule has 0 fully saturated rings. The second-order valence-corrected chi connectivity index (χ2v) is 4.44.